The summed E-state index contributed by atoms with van der Waals surface area (Å²) in [5, 5.41) is 3.09. The highest BCUT2D eigenvalue weighted by molar-refractivity contribution is 14.0. The number of nitrogens with one attached hydrogen (secondary N) is 1. The zero-order chi connectivity index (χ0) is 17.0. The van der Waals surface area contributed by atoms with E-state index in [1.54, 1.807) is 7.11 Å². The van der Waals surface area contributed by atoms with E-state index in [0.29, 0.717) is 12.1 Å². The van der Waals surface area contributed by atoms with Gasteiger partial charge in [-0.1, -0.05) is 19.3 Å². The molecule has 25 heavy (non-hydrogen) atoms. The number of hydrogen-bond acceptors (Lipinski definition) is 3. The molecule has 1 fully saturated rings. The number of halogens is 1. The Morgan fingerprint density at radius 3 is 2.52 bits per heavy atom. The van der Waals surface area contributed by atoms with Crippen molar-refractivity contribution < 1.29 is 9.47 Å². The van der Waals surface area contributed by atoms with E-state index in [1.165, 1.54) is 32.1 Å². The third-order valence-corrected chi connectivity index (χ3v) is 4.35. The molecule has 0 heterocycles. The molecule has 0 spiro atoms. The van der Waals surface area contributed by atoms with Crippen molar-refractivity contribution in [1.29, 1.82) is 0 Å². The number of nitrogens with two attached hydrogens (primary N) is 1. The van der Waals surface area contributed by atoms with Gasteiger partial charge >= 0.3 is 0 Å². The number of rotatable bonds is 9. The predicted molar refractivity (Wildman–Crippen MR) is 115 cm³/mol. The number of guanidine groups is 1. The molecule has 1 aliphatic carbocycles. The van der Waals surface area contributed by atoms with Gasteiger partial charge in [0.1, 0.15) is 5.75 Å². The van der Waals surface area contributed by atoms with Gasteiger partial charge in [0, 0.05) is 18.8 Å². The fraction of sp³-hybridized carbons (Fsp3) is 0.632. The molecule has 0 saturated heterocycles. The first-order chi connectivity index (χ1) is 11.8. The lowest BCUT2D eigenvalue weighted by Crippen LogP contribution is -2.22. The van der Waals surface area contributed by atoms with Gasteiger partial charge in [0.2, 0.25) is 0 Å². The number of anilines is 1. The van der Waals surface area contributed by atoms with Crippen molar-refractivity contribution in [1.82, 2.24) is 0 Å². The standard InChI is InChI=1S/C19H31N3O2.HI/c1-23-17-12-10-16(11-13-17)22-19(20)21-14-6-3-7-15-24-18-8-4-2-5-9-18;/h10-13,18H,2-9,14-15H2,1H3,(H3,20,21,22);1H. The van der Waals surface area contributed by atoms with Gasteiger partial charge in [-0.15, -0.1) is 24.0 Å². The second-order valence-corrected chi connectivity index (χ2v) is 6.31. The molecule has 0 atom stereocenters. The van der Waals surface area contributed by atoms with Crippen LogP contribution in [0, 0.1) is 0 Å². The van der Waals surface area contributed by atoms with Crippen LogP contribution in [0.15, 0.2) is 29.3 Å². The molecule has 3 N–H and O–H groups in total. The van der Waals surface area contributed by atoms with Crippen LogP contribution in [-0.4, -0.2) is 32.3 Å². The van der Waals surface area contributed by atoms with E-state index in [9.17, 15) is 0 Å². The number of nitrogens with zero attached hydrogens (tertiary/aromatic N) is 1. The maximum absolute atomic E-state index is 5.93. The molecule has 6 heteroatoms. The van der Waals surface area contributed by atoms with E-state index in [4.69, 9.17) is 15.2 Å². The Kier molecular flexibility index (Phi) is 11.6. The van der Waals surface area contributed by atoms with Gasteiger partial charge in [0.25, 0.3) is 0 Å². The molecule has 0 unspecified atom stereocenters. The fourth-order valence-electron chi connectivity index (χ4n) is 2.93. The molecule has 0 aromatic heterocycles. The molecule has 1 aromatic carbocycles. The maximum Gasteiger partial charge on any atom is 0.193 e. The van der Waals surface area contributed by atoms with E-state index in [-0.39, 0.29) is 24.0 Å². The quantitative estimate of drug-likeness (QED) is 0.245. The van der Waals surface area contributed by atoms with Crippen LogP contribution in [0.4, 0.5) is 5.69 Å². The Labute approximate surface area is 168 Å². The Bertz CT molecular complexity index is 488. The highest BCUT2D eigenvalue weighted by atomic mass is 127. The highest BCUT2D eigenvalue weighted by Gasteiger charge is 2.12. The number of benzene rings is 1. The minimum atomic E-state index is 0. The van der Waals surface area contributed by atoms with E-state index < -0.39 is 0 Å². The van der Waals surface area contributed by atoms with Crippen molar-refractivity contribution in [2.45, 2.75) is 57.5 Å². The Morgan fingerprint density at radius 1 is 1.12 bits per heavy atom. The molecule has 1 aliphatic rings. The fourth-order valence-corrected chi connectivity index (χ4v) is 2.93. The van der Waals surface area contributed by atoms with Crippen LogP contribution < -0.4 is 15.8 Å². The molecule has 1 saturated carbocycles. The topological polar surface area (TPSA) is 68.9 Å². The van der Waals surface area contributed by atoms with Crippen LogP contribution in [0.2, 0.25) is 0 Å². The van der Waals surface area contributed by atoms with Crippen molar-refractivity contribution in [3.05, 3.63) is 24.3 Å². The normalized spacial score (nSPS) is 15.5. The van der Waals surface area contributed by atoms with Gasteiger partial charge in [-0.25, -0.2) is 0 Å². The second-order valence-electron chi connectivity index (χ2n) is 6.31. The summed E-state index contributed by atoms with van der Waals surface area (Å²) in [5.74, 6) is 1.28. The maximum atomic E-state index is 5.93. The van der Waals surface area contributed by atoms with Crippen molar-refractivity contribution in [2.24, 2.45) is 10.7 Å². The minimum Gasteiger partial charge on any atom is -0.497 e. The van der Waals surface area contributed by atoms with Gasteiger partial charge in [-0.2, -0.15) is 0 Å². The third kappa shape index (κ3) is 9.30. The van der Waals surface area contributed by atoms with E-state index >= 15 is 0 Å². The summed E-state index contributed by atoms with van der Waals surface area (Å²) < 4.78 is 11.1. The van der Waals surface area contributed by atoms with Gasteiger partial charge < -0.3 is 20.5 Å². The highest BCUT2D eigenvalue weighted by Crippen LogP contribution is 2.20. The van der Waals surface area contributed by atoms with Crippen molar-refractivity contribution in [3.63, 3.8) is 0 Å². The lowest BCUT2D eigenvalue weighted by atomic mass is 9.98. The summed E-state index contributed by atoms with van der Waals surface area (Å²) in [6.45, 7) is 1.63. The molecule has 1 aromatic rings. The van der Waals surface area contributed by atoms with Crippen molar-refractivity contribution >= 4 is 35.6 Å². The Balaban J connectivity index is 0.00000312. The minimum absolute atomic E-state index is 0. The van der Waals surface area contributed by atoms with E-state index in [0.717, 1.165) is 43.9 Å². The SMILES string of the molecule is COc1ccc(NC(N)=NCCCCCOC2CCCCC2)cc1.I. The third-order valence-electron chi connectivity index (χ3n) is 4.35. The molecular formula is C19H32IN3O2. The Morgan fingerprint density at radius 2 is 1.84 bits per heavy atom. The molecule has 0 bridgehead atoms. The summed E-state index contributed by atoms with van der Waals surface area (Å²) in [7, 11) is 1.65. The summed E-state index contributed by atoms with van der Waals surface area (Å²) in [6.07, 6.45) is 10.3. The number of unbranched alkanes of at least 4 members (excludes halogenated alkanes) is 2. The van der Waals surface area contributed by atoms with Gasteiger partial charge in [0.15, 0.2) is 5.96 Å². The summed E-state index contributed by atoms with van der Waals surface area (Å²) in [4.78, 5) is 4.36. The van der Waals surface area contributed by atoms with Gasteiger partial charge in [0.05, 0.1) is 13.2 Å². The van der Waals surface area contributed by atoms with Gasteiger partial charge in [-0.05, 0) is 56.4 Å². The molecule has 142 valence electrons. The van der Waals surface area contributed by atoms with Crippen LogP contribution in [0.25, 0.3) is 0 Å². The summed E-state index contributed by atoms with van der Waals surface area (Å²) >= 11 is 0. The number of aliphatic imine (C=N–C) groups is 1. The molecular weight excluding hydrogens is 429 g/mol. The van der Waals surface area contributed by atoms with Crippen LogP contribution >= 0.6 is 24.0 Å². The van der Waals surface area contributed by atoms with Crippen molar-refractivity contribution in [3.8, 4) is 5.75 Å². The average Bonchev–Trinajstić information content (AvgIpc) is 2.62. The van der Waals surface area contributed by atoms with Crippen LogP contribution in [0.1, 0.15) is 51.4 Å². The van der Waals surface area contributed by atoms with Crippen molar-refractivity contribution in [2.75, 3.05) is 25.6 Å². The monoisotopic (exact) mass is 461 g/mol. The molecule has 0 aliphatic heterocycles. The van der Waals surface area contributed by atoms with Crippen LogP contribution in [-0.2, 0) is 4.74 Å². The first-order valence-corrected chi connectivity index (χ1v) is 9.10. The van der Waals surface area contributed by atoms with E-state index in [2.05, 4.69) is 10.3 Å². The number of ether oxygens (including phenoxy) is 2. The van der Waals surface area contributed by atoms with E-state index in [1.807, 2.05) is 24.3 Å². The number of hydrogen-bond donors (Lipinski definition) is 2. The molecule has 5 nitrogen and oxygen atoms in total. The first-order valence-electron chi connectivity index (χ1n) is 9.10. The number of methoxy groups -OCH3 is 1. The largest absolute Gasteiger partial charge is 0.497 e. The van der Waals surface area contributed by atoms with Gasteiger partial charge in [-0.3, -0.25) is 4.99 Å². The first kappa shape index (κ1) is 22.0. The average molecular weight is 461 g/mol. The zero-order valence-corrected chi connectivity index (χ0v) is 17.5. The molecule has 2 rings (SSSR count). The lowest BCUT2D eigenvalue weighted by molar-refractivity contribution is 0.0264. The zero-order valence-electron chi connectivity index (χ0n) is 15.2. The lowest BCUT2D eigenvalue weighted by Gasteiger charge is -2.21. The molecule has 0 amide bonds. The Hall–Kier alpha value is -1.02. The van der Waals surface area contributed by atoms with Crippen LogP contribution in [0.5, 0.6) is 5.75 Å². The predicted octanol–water partition coefficient (Wildman–Crippen LogP) is 4.56. The molecule has 0 radical (unpaired) electrons. The summed E-state index contributed by atoms with van der Waals surface area (Å²) in [5.41, 5.74) is 6.81. The second kappa shape index (κ2) is 13.2. The summed E-state index contributed by atoms with van der Waals surface area (Å²) in [6, 6.07) is 7.62. The van der Waals surface area contributed by atoms with Crippen LogP contribution in [0.3, 0.4) is 0 Å². The smallest absolute Gasteiger partial charge is 0.193 e.